The Morgan fingerprint density at radius 2 is 2.08 bits per heavy atom. The first-order chi connectivity index (χ1) is 6.40. The van der Waals surface area contributed by atoms with E-state index in [-0.39, 0.29) is 0 Å². The lowest BCUT2D eigenvalue weighted by Gasteiger charge is -2.08. The first-order valence-corrected chi connectivity index (χ1v) is 5.32. The Kier molecular flexibility index (Phi) is 2.64. The lowest BCUT2D eigenvalue weighted by Crippen LogP contribution is -2.03. The lowest BCUT2D eigenvalue weighted by molar-refractivity contribution is 0.303. The second kappa shape index (κ2) is 3.92. The van der Waals surface area contributed by atoms with Gasteiger partial charge < -0.3 is 9.47 Å². The number of para-hydroxylation sites is 2. The average molecular weight is 196 g/mol. The average Bonchev–Trinajstić information content (AvgIpc) is 2.99. The van der Waals surface area contributed by atoms with Gasteiger partial charge in [0.1, 0.15) is 6.61 Å². The second-order valence-electron chi connectivity index (χ2n) is 2.92. The molecular formula is C10H12O2S. The smallest absolute Gasteiger partial charge is 0.161 e. The van der Waals surface area contributed by atoms with Crippen molar-refractivity contribution in [1.82, 2.24) is 0 Å². The highest BCUT2D eigenvalue weighted by Crippen LogP contribution is 2.32. The lowest BCUT2D eigenvalue weighted by atomic mass is 10.3. The highest BCUT2D eigenvalue weighted by Gasteiger charge is 2.23. The van der Waals surface area contributed by atoms with Crippen LogP contribution in [0.4, 0.5) is 0 Å². The van der Waals surface area contributed by atoms with E-state index in [2.05, 4.69) is 0 Å². The molecule has 2 nitrogen and oxygen atoms in total. The summed E-state index contributed by atoms with van der Waals surface area (Å²) in [6, 6.07) is 7.75. The Morgan fingerprint density at radius 1 is 1.38 bits per heavy atom. The van der Waals surface area contributed by atoms with Crippen molar-refractivity contribution < 1.29 is 9.47 Å². The third kappa shape index (κ3) is 2.31. The Balaban J connectivity index is 1.99. The molecule has 0 amide bonds. The van der Waals surface area contributed by atoms with Crippen molar-refractivity contribution in [1.29, 1.82) is 0 Å². The number of hydrogen-bond acceptors (Lipinski definition) is 3. The minimum atomic E-state index is 0.699. The number of hydrogen-bond donors (Lipinski definition) is 0. The van der Waals surface area contributed by atoms with Crippen molar-refractivity contribution in [2.24, 2.45) is 0 Å². The van der Waals surface area contributed by atoms with Crippen LogP contribution in [0.5, 0.6) is 11.5 Å². The van der Waals surface area contributed by atoms with Crippen molar-refractivity contribution >= 4 is 11.8 Å². The summed E-state index contributed by atoms with van der Waals surface area (Å²) < 4.78 is 10.8. The van der Waals surface area contributed by atoms with Gasteiger partial charge >= 0.3 is 0 Å². The maximum atomic E-state index is 5.61. The summed E-state index contributed by atoms with van der Waals surface area (Å²) in [6.07, 6.45) is 0. The van der Waals surface area contributed by atoms with Crippen LogP contribution < -0.4 is 9.47 Å². The SMILES string of the molecule is COc1ccccc1OCC1CS1. The van der Waals surface area contributed by atoms with E-state index in [0.717, 1.165) is 18.1 Å². The second-order valence-corrected chi connectivity index (χ2v) is 4.25. The largest absolute Gasteiger partial charge is 0.493 e. The monoisotopic (exact) mass is 196 g/mol. The van der Waals surface area contributed by atoms with Crippen LogP contribution in [0.15, 0.2) is 24.3 Å². The van der Waals surface area contributed by atoms with Crippen LogP contribution >= 0.6 is 11.8 Å². The molecule has 70 valence electrons. The Bertz CT molecular complexity index is 284. The summed E-state index contributed by atoms with van der Waals surface area (Å²) in [5, 5.41) is 0.699. The van der Waals surface area contributed by atoms with Gasteiger partial charge in [-0.05, 0) is 12.1 Å². The van der Waals surface area contributed by atoms with Crippen LogP contribution in [0, 0.1) is 0 Å². The fourth-order valence-corrected chi connectivity index (χ4v) is 1.48. The van der Waals surface area contributed by atoms with Crippen molar-refractivity contribution in [3.63, 3.8) is 0 Å². The molecule has 3 heteroatoms. The van der Waals surface area contributed by atoms with Crippen LogP contribution in [0.1, 0.15) is 0 Å². The molecule has 0 N–H and O–H groups in total. The topological polar surface area (TPSA) is 18.5 Å². The van der Waals surface area contributed by atoms with E-state index < -0.39 is 0 Å². The third-order valence-corrected chi connectivity index (χ3v) is 2.84. The molecule has 0 aliphatic carbocycles. The van der Waals surface area contributed by atoms with Crippen molar-refractivity contribution in [2.45, 2.75) is 5.25 Å². The molecule has 1 aromatic carbocycles. The van der Waals surface area contributed by atoms with Gasteiger partial charge in [0.25, 0.3) is 0 Å². The zero-order valence-electron chi connectivity index (χ0n) is 7.53. The van der Waals surface area contributed by atoms with Crippen LogP contribution in [0.2, 0.25) is 0 Å². The molecule has 1 aliphatic rings. The molecule has 1 aromatic rings. The molecule has 1 atom stereocenters. The summed E-state index contributed by atoms with van der Waals surface area (Å²) in [6.45, 7) is 0.797. The van der Waals surface area contributed by atoms with Gasteiger partial charge in [0.05, 0.1) is 7.11 Å². The molecule has 1 aliphatic heterocycles. The summed E-state index contributed by atoms with van der Waals surface area (Å²) in [7, 11) is 1.66. The zero-order valence-corrected chi connectivity index (χ0v) is 8.34. The Morgan fingerprint density at radius 3 is 2.69 bits per heavy atom. The fraction of sp³-hybridized carbons (Fsp3) is 0.400. The van der Waals surface area contributed by atoms with Crippen LogP contribution in [-0.2, 0) is 0 Å². The number of ether oxygens (including phenoxy) is 2. The van der Waals surface area contributed by atoms with E-state index in [9.17, 15) is 0 Å². The number of methoxy groups -OCH3 is 1. The summed E-state index contributed by atoms with van der Waals surface area (Å²) in [4.78, 5) is 0. The van der Waals surface area contributed by atoms with Gasteiger partial charge in [-0.2, -0.15) is 11.8 Å². The molecule has 0 saturated carbocycles. The number of rotatable bonds is 4. The summed E-state index contributed by atoms with van der Waals surface area (Å²) >= 11 is 1.94. The molecule has 0 radical (unpaired) electrons. The minimum absolute atomic E-state index is 0.699. The highest BCUT2D eigenvalue weighted by atomic mass is 32.2. The van der Waals surface area contributed by atoms with E-state index in [0.29, 0.717) is 5.25 Å². The maximum absolute atomic E-state index is 5.61. The van der Waals surface area contributed by atoms with E-state index in [1.165, 1.54) is 5.75 Å². The first kappa shape index (κ1) is 8.75. The van der Waals surface area contributed by atoms with Gasteiger partial charge in [-0.1, -0.05) is 12.1 Å². The van der Waals surface area contributed by atoms with Crippen LogP contribution in [-0.4, -0.2) is 24.7 Å². The van der Waals surface area contributed by atoms with Gasteiger partial charge in [-0.3, -0.25) is 0 Å². The molecule has 0 bridgehead atoms. The van der Waals surface area contributed by atoms with Gasteiger partial charge in [0.15, 0.2) is 11.5 Å². The molecule has 0 spiro atoms. The van der Waals surface area contributed by atoms with E-state index >= 15 is 0 Å². The Labute approximate surface area is 82.2 Å². The first-order valence-electron chi connectivity index (χ1n) is 4.27. The predicted octanol–water partition coefficient (Wildman–Crippen LogP) is 2.19. The third-order valence-electron chi connectivity index (χ3n) is 1.90. The molecule has 1 saturated heterocycles. The molecular weight excluding hydrogens is 184 g/mol. The van der Waals surface area contributed by atoms with Gasteiger partial charge in [-0.25, -0.2) is 0 Å². The zero-order chi connectivity index (χ0) is 9.10. The van der Waals surface area contributed by atoms with Gasteiger partial charge in [0, 0.05) is 11.0 Å². The van der Waals surface area contributed by atoms with Crippen LogP contribution in [0.25, 0.3) is 0 Å². The quantitative estimate of drug-likeness (QED) is 0.688. The molecule has 1 fully saturated rings. The summed E-state index contributed by atoms with van der Waals surface area (Å²) in [5.74, 6) is 2.89. The Hall–Kier alpha value is -0.830. The molecule has 1 heterocycles. The van der Waals surface area contributed by atoms with Crippen LogP contribution in [0.3, 0.4) is 0 Å². The minimum Gasteiger partial charge on any atom is -0.493 e. The predicted molar refractivity (Wildman–Crippen MR) is 54.7 cm³/mol. The fourth-order valence-electron chi connectivity index (χ4n) is 1.09. The highest BCUT2D eigenvalue weighted by molar-refractivity contribution is 8.06. The molecule has 13 heavy (non-hydrogen) atoms. The molecule has 2 rings (SSSR count). The maximum Gasteiger partial charge on any atom is 0.161 e. The van der Waals surface area contributed by atoms with E-state index in [1.54, 1.807) is 7.11 Å². The molecule has 0 aromatic heterocycles. The molecule has 1 unspecified atom stereocenters. The van der Waals surface area contributed by atoms with Gasteiger partial charge in [-0.15, -0.1) is 0 Å². The standard InChI is InChI=1S/C10H12O2S/c1-11-9-4-2-3-5-10(9)12-6-8-7-13-8/h2-5,8H,6-7H2,1H3. The normalized spacial score (nSPS) is 19.6. The van der Waals surface area contributed by atoms with E-state index in [4.69, 9.17) is 9.47 Å². The number of thioether (sulfide) groups is 1. The van der Waals surface area contributed by atoms with Gasteiger partial charge in [0.2, 0.25) is 0 Å². The van der Waals surface area contributed by atoms with Crippen molar-refractivity contribution in [3.05, 3.63) is 24.3 Å². The van der Waals surface area contributed by atoms with Crippen molar-refractivity contribution in [3.8, 4) is 11.5 Å². The van der Waals surface area contributed by atoms with Crippen molar-refractivity contribution in [2.75, 3.05) is 19.5 Å². The van der Waals surface area contributed by atoms with E-state index in [1.807, 2.05) is 36.0 Å². The summed E-state index contributed by atoms with van der Waals surface area (Å²) in [5.41, 5.74) is 0. The number of benzene rings is 1.